The Morgan fingerprint density at radius 2 is 1.68 bits per heavy atom. The van der Waals surface area contributed by atoms with Gasteiger partial charge in [0.1, 0.15) is 0 Å². The van der Waals surface area contributed by atoms with Crippen LogP contribution in [0.15, 0.2) is 0 Å². The third-order valence-electron chi connectivity index (χ3n) is 5.77. The number of hydrogen-bond acceptors (Lipinski definition) is 2. The van der Waals surface area contributed by atoms with Crippen LogP contribution in [0, 0.1) is 17.8 Å². The normalized spacial score (nSPS) is 45.3. The van der Waals surface area contributed by atoms with Crippen molar-refractivity contribution >= 4 is 0 Å². The highest BCUT2D eigenvalue weighted by atomic mass is 15.4. The molecule has 0 aromatic carbocycles. The van der Waals surface area contributed by atoms with Crippen LogP contribution in [0.25, 0.3) is 0 Å². The monoisotopic (exact) mass is 264 g/mol. The molecule has 1 saturated carbocycles. The van der Waals surface area contributed by atoms with Crippen molar-refractivity contribution in [2.75, 3.05) is 19.6 Å². The molecule has 0 bridgehead atoms. The van der Waals surface area contributed by atoms with Gasteiger partial charge in [-0.25, -0.2) is 0 Å². The summed E-state index contributed by atoms with van der Waals surface area (Å²) in [6, 6.07) is 0.788. The lowest BCUT2D eigenvalue weighted by Gasteiger charge is -2.39. The van der Waals surface area contributed by atoms with Crippen LogP contribution in [0.4, 0.5) is 0 Å². The Bertz CT molecular complexity index is 294. The van der Waals surface area contributed by atoms with E-state index in [4.69, 9.17) is 0 Å². The molecular formula is C17H32N2. The first-order valence-electron chi connectivity index (χ1n) is 8.63. The van der Waals surface area contributed by atoms with Crippen LogP contribution in [-0.2, 0) is 0 Å². The molecule has 2 saturated heterocycles. The Labute approximate surface area is 119 Å². The fraction of sp³-hybridized carbons (Fsp3) is 1.00. The molecule has 3 fully saturated rings. The van der Waals surface area contributed by atoms with E-state index >= 15 is 0 Å². The molecule has 0 aromatic heterocycles. The summed E-state index contributed by atoms with van der Waals surface area (Å²) in [6.07, 6.45) is 9.48. The molecule has 3 aliphatic rings. The average molecular weight is 264 g/mol. The van der Waals surface area contributed by atoms with Crippen LogP contribution >= 0.6 is 0 Å². The molecule has 4 unspecified atom stereocenters. The second-order valence-electron chi connectivity index (χ2n) is 7.80. The molecule has 2 heterocycles. The van der Waals surface area contributed by atoms with Crippen molar-refractivity contribution in [3.05, 3.63) is 0 Å². The van der Waals surface area contributed by atoms with Crippen molar-refractivity contribution < 1.29 is 0 Å². The molecule has 0 spiro atoms. The third-order valence-corrected chi connectivity index (χ3v) is 5.77. The lowest BCUT2D eigenvalue weighted by molar-refractivity contribution is 0.0602. The van der Waals surface area contributed by atoms with Gasteiger partial charge in [0.15, 0.2) is 0 Å². The zero-order valence-electron chi connectivity index (χ0n) is 13.1. The Morgan fingerprint density at radius 1 is 0.947 bits per heavy atom. The van der Waals surface area contributed by atoms with Gasteiger partial charge in [0.05, 0.1) is 6.17 Å². The van der Waals surface area contributed by atoms with Crippen molar-refractivity contribution in [1.82, 2.24) is 9.80 Å². The average Bonchev–Trinajstić information content (AvgIpc) is 2.65. The number of nitrogens with zero attached hydrogens (tertiary/aromatic N) is 2. The molecule has 0 amide bonds. The van der Waals surface area contributed by atoms with E-state index in [1.807, 2.05) is 0 Å². The van der Waals surface area contributed by atoms with Gasteiger partial charge in [-0.05, 0) is 69.7 Å². The van der Waals surface area contributed by atoms with Gasteiger partial charge < -0.3 is 0 Å². The van der Waals surface area contributed by atoms with Gasteiger partial charge in [0.2, 0.25) is 0 Å². The van der Waals surface area contributed by atoms with Gasteiger partial charge in [-0.15, -0.1) is 0 Å². The Balaban J connectivity index is 1.61. The molecule has 0 N–H and O–H groups in total. The van der Waals surface area contributed by atoms with E-state index < -0.39 is 0 Å². The minimum absolute atomic E-state index is 0.788. The summed E-state index contributed by atoms with van der Waals surface area (Å²) in [7, 11) is 0. The molecule has 19 heavy (non-hydrogen) atoms. The minimum Gasteiger partial charge on any atom is -0.286 e. The predicted octanol–water partition coefficient (Wildman–Crippen LogP) is 3.57. The SMILES string of the molecule is CC1CC(C)CC(CN2C(C)CN3CCCCC32)C1. The summed E-state index contributed by atoms with van der Waals surface area (Å²) in [5, 5.41) is 0. The van der Waals surface area contributed by atoms with E-state index in [0.29, 0.717) is 0 Å². The molecule has 0 aromatic rings. The molecule has 110 valence electrons. The predicted molar refractivity (Wildman–Crippen MR) is 81.0 cm³/mol. The first-order valence-corrected chi connectivity index (χ1v) is 8.63. The number of hydrogen-bond donors (Lipinski definition) is 0. The number of fused-ring (bicyclic) bond motifs is 1. The van der Waals surface area contributed by atoms with Gasteiger partial charge in [0.25, 0.3) is 0 Å². The van der Waals surface area contributed by atoms with E-state index in [-0.39, 0.29) is 0 Å². The molecule has 3 rings (SSSR count). The zero-order chi connectivity index (χ0) is 13.4. The fourth-order valence-electron chi connectivity index (χ4n) is 5.16. The second-order valence-corrected chi connectivity index (χ2v) is 7.80. The van der Waals surface area contributed by atoms with Crippen molar-refractivity contribution in [3.8, 4) is 0 Å². The largest absolute Gasteiger partial charge is 0.286 e. The Hall–Kier alpha value is -0.0800. The molecular weight excluding hydrogens is 232 g/mol. The van der Waals surface area contributed by atoms with Crippen molar-refractivity contribution in [1.29, 1.82) is 0 Å². The quantitative estimate of drug-likeness (QED) is 0.752. The molecule has 4 atom stereocenters. The molecule has 1 aliphatic carbocycles. The highest BCUT2D eigenvalue weighted by Crippen LogP contribution is 2.36. The van der Waals surface area contributed by atoms with Crippen LogP contribution in [0.2, 0.25) is 0 Å². The Kier molecular flexibility index (Phi) is 4.19. The lowest BCUT2D eigenvalue weighted by atomic mass is 9.76. The highest BCUT2D eigenvalue weighted by molar-refractivity contribution is 4.91. The maximum atomic E-state index is 2.86. The summed E-state index contributed by atoms with van der Waals surface area (Å²) in [6.45, 7) is 11.4. The third kappa shape index (κ3) is 3.00. The summed E-state index contributed by atoms with van der Waals surface area (Å²) in [4.78, 5) is 5.61. The summed E-state index contributed by atoms with van der Waals surface area (Å²) < 4.78 is 0. The van der Waals surface area contributed by atoms with Crippen LogP contribution in [0.3, 0.4) is 0 Å². The topological polar surface area (TPSA) is 6.48 Å². The van der Waals surface area contributed by atoms with E-state index in [9.17, 15) is 0 Å². The first kappa shape index (κ1) is 13.9. The summed E-state index contributed by atoms with van der Waals surface area (Å²) in [5.74, 6) is 2.87. The van der Waals surface area contributed by atoms with Gasteiger partial charge in [-0.2, -0.15) is 0 Å². The van der Waals surface area contributed by atoms with Gasteiger partial charge >= 0.3 is 0 Å². The molecule has 2 aliphatic heterocycles. The standard InChI is InChI=1S/C17H32N2/c1-13-8-14(2)10-16(9-13)12-19-15(3)11-18-7-5-4-6-17(18)19/h13-17H,4-12H2,1-3H3. The van der Waals surface area contributed by atoms with E-state index in [1.54, 1.807) is 0 Å². The van der Waals surface area contributed by atoms with Gasteiger partial charge in [-0.1, -0.05) is 13.8 Å². The molecule has 2 heteroatoms. The summed E-state index contributed by atoms with van der Waals surface area (Å²) >= 11 is 0. The lowest BCUT2D eigenvalue weighted by Crippen LogP contribution is -2.45. The summed E-state index contributed by atoms with van der Waals surface area (Å²) in [5.41, 5.74) is 0. The smallest absolute Gasteiger partial charge is 0.0625 e. The molecule has 0 radical (unpaired) electrons. The zero-order valence-corrected chi connectivity index (χ0v) is 13.1. The fourth-order valence-corrected chi connectivity index (χ4v) is 5.16. The number of rotatable bonds is 2. The second kappa shape index (κ2) is 5.73. The van der Waals surface area contributed by atoms with E-state index in [0.717, 1.165) is 30.0 Å². The maximum absolute atomic E-state index is 2.86. The van der Waals surface area contributed by atoms with E-state index in [2.05, 4.69) is 30.6 Å². The van der Waals surface area contributed by atoms with Crippen molar-refractivity contribution in [2.24, 2.45) is 17.8 Å². The van der Waals surface area contributed by atoms with Crippen molar-refractivity contribution in [3.63, 3.8) is 0 Å². The highest BCUT2D eigenvalue weighted by Gasteiger charge is 2.39. The van der Waals surface area contributed by atoms with Gasteiger partial charge in [0, 0.05) is 19.1 Å². The van der Waals surface area contributed by atoms with Crippen LogP contribution in [0.5, 0.6) is 0 Å². The van der Waals surface area contributed by atoms with E-state index in [1.165, 1.54) is 58.2 Å². The first-order chi connectivity index (χ1) is 9.13. The minimum atomic E-state index is 0.788. The molecule has 2 nitrogen and oxygen atoms in total. The van der Waals surface area contributed by atoms with Crippen LogP contribution in [-0.4, -0.2) is 41.6 Å². The number of piperidine rings is 1. The van der Waals surface area contributed by atoms with Crippen LogP contribution < -0.4 is 0 Å². The van der Waals surface area contributed by atoms with Crippen LogP contribution in [0.1, 0.15) is 59.3 Å². The maximum Gasteiger partial charge on any atom is 0.0625 e. The Morgan fingerprint density at radius 3 is 2.42 bits per heavy atom. The van der Waals surface area contributed by atoms with Gasteiger partial charge in [-0.3, -0.25) is 9.80 Å². The van der Waals surface area contributed by atoms with Crippen molar-refractivity contribution in [2.45, 2.75) is 71.5 Å².